The van der Waals surface area contributed by atoms with E-state index in [9.17, 15) is 0 Å². The summed E-state index contributed by atoms with van der Waals surface area (Å²) in [5, 5.41) is 25.5. The van der Waals surface area contributed by atoms with E-state index in [0.717, 1.165) is 37.3 Å². The maximum absolute atomic E-state index is 8.56. The molecule has 2 aromatic heterocycles. The Morgan fingerprint density at radius 2 is 1.67 bits per heavy atom. The highest BCUT2D eigenvalue weighted by Gasteiger charge is 1.99. The van der Waals surface area contributed by atoms with E-state index < -0.39 is 0 Å². The van der Waals surface area contributed by atoms with Gasteiger partial charge < -0.3 is 10.2 Å². The molecule has 0 fully saturated rings. The molecule has 0 aromatic carbocycles. The van der Waals surface area contributed by atoms with Crippen LogP contribution in [0, 0.1) is 17.4 Å². The average molecular weight is 406 g/mol. The third-order valence-electron chi connectivity index (χ3n) is 2.75. The summed E-state index contributed by atoms with van der Waals surface area (Å²) in [7, 11) is 0. The second-order valence-electron chi connectivity index (χ2n) is 4.70. The predicted octanol–water partition coefficient (Wildman–Crippen LogP) is 1.75. The van der Waals surface area contributed by atoms with Gasteiger partial charge in [-0.15, -0.1) is 0 Å². The van der Waals surface area contributed by atoms with Crippen molar-refractivity contribution >= 4 is 22.6 Å². The second kappa shape index (κ2) is 9.91. The van der Waals surface area contributed by atoms with Crippen molar-refractivity contribution in [2.24, 2.45) is 0 Å². The van der Waals surface area contributed by atoms with E-state index in [0.29, 0.717) is 0 Å². The molecule has 0 saturated heterocycles. The molecule has 21 heavy (non-hydrogen) atoms. The molecule has 118 valence electrons. The van der Waals surface area contributed by atoms with E-state index >= 15 is 0 Å². The van der Waals surface area contributed by atoms with E-state index in [4.69, 9.17) is 10.2 Å². The molecule has 2 heterocycles. The van der Waals surface area contributed by atoms with Gasteiger partial charge in [-0.1, -0.05) is 0 Å². The fourth-order valence-electron chi connectivity index (χ4n) is 1.66. The first kappa shape index (κ1) is 18.1. The zero-order chi connectivity index (χ0) is 15.7. The molecule has 0 aliphatic heterocycles. The fourth-order valence-corrected chi connectivity index (χ4v) is 2.09. The Balaban J connectivity index is 0.000000211. The number of rotatable bonds is 6. The largest absolute Gasteiger partial charge is 0.396 e. The molecule has 0 unspecified atom stereocenters. The number of hydrogen-bond acceptors (Lipinski definition) is 4. The Kier molecular flexibility index (Phi) is 8.55. The Bertz CT molecular complexity index is 505. The van der Waals surface area contributed by atoms with Crippen LogP contribution in [0.3, 0.4) is 0 Å². The van der Waals surface area contributed by atoms with Crippen molar-refractivity contribution in [2.45, 2.75) is 39.8 Å². The van der Waals surface area contributed by atoms with Crippen LogP contribution in [-0.2, 0) is 13.1 Å². The Labute approximate surface area is 138 Å². The molecule has 6 nitrogen and oxygen atoms in total. The van der Waals surface area contributed by atoms with Gasteiger partial charge in [0.05, 0.1) is 15.0 Å². The monoisotopic (exact) mass is 406 g/mol. The highest BCUT2D eigenvalue weighted by atomic mass is 127. The average Bonchev–Trinajstić information content (AvgIpc) is 3.01. The summed E-state index contributed by atoms with van der Waals surface area (Å²) < 4.78 is 4.89. The standard InChI is InChI=1S/C7H11IN2O.C7H12N2O/c1-6-7(8)5-10(9-6)3-2-4-11;1-7-3-5-9(8-7)4-2-6-10/h5,11H,2-4H2,1H3;3,5,10H,2,4,6H2,1H3. The molecule has 0 radical (unpaired) electrons. The number of nitrogens with zero attached hydrogens (tertiary/aromatic N) is 4. The summed E-state index contributed by atoms with van der Waals surface area (Å²) >= 11 is 2.25. The number of aliphatic hydroxyl groups is 2. The summed E-state index contributed by atoms with van der Waals surface area (Å²) in [6.45, 7) is 6.02. The van der Waals surface area contributed by atoms with Crippen molar-refractivity contribution in [1.82, 2.24) is 19.6 Å². The van der Waals surface area contributed by atoms with Gasteiger partial charge in [-0.25, -0.2) is 0 Å². The minimum absolute atomic E-state index is 0.232. The quantitative estimate of drug-likeness (QED) is 0.717. The van der Waals surface area contributed by atoms with Gasteiger partial charge in [0.25, 0.3) is 0 Å². The summed E-state index contributed by atoms with van der Waals surface area (Å²) in [6.07, 6.45) is 5.47. The minimum atomic E-state index is 0.232. The molecule has 0 saturated carbocycles. The lowest BCUT2D eigenvalue weighted by Crippen LogP contribution is -2.00. The molecule has 2 aromatic rings. The molecule has 2 rings (SSSR count). The summed E-state index contributed by atoms with van der Waals surface area (Å²) in [5.74, 6) is 0. The van der Waals surface area contributed by atoms with Crippen LogP contribution in [0.1, 0.15) is 24.2 Å². The lowest BCUT2D eigenvalue weighted by atomic mass is 10.4. The maximum atomic E-state index is 8.56. The Hall–Kier alpha value is -0.930. The number of halogens is 1. The van der Waals surface area contributed by atoms with Crippen molar-refractivity contribution in [3.8, 4) is 0 Å². The normalized spacial score (nSPS) is 10.3. The third kappa shape index (κ3) is 7.05. The van der Waals surface area contributed by atoms with Gasteiger partial charge in [0, 0.05) is 38.7 Å². The van der Waals surface area contributed by atoms with Gasteiger partial charge in [0.2, 0.25) is 0 Å². The van der Waals surface area contributed by atoms with Crippen molar-refractivity contribution in [3.63, 3.8) is 0 Å². The number of aromatic nitrogens is 4. The molecule has 2 N–H and O–H groups in total. The fraction of sp³-hybridized carbons (Fsp3) is 0.571. The molecular weight excluding hydrogens is 383 g/mol. The maximum Gasteiger partial charge on any atom is 0.0727 e. The summed E-state index contributed by atoms with van der Waals surface area (Å²) in [6, 6.07) is 1.96. The van der Waals surface area contributed by atoms with Crippen molar-refractivity contribution in [1.29, 1.82) is 0 Å². The first-order valence-electron chi connectivity index (χ1n) is 6.98. The molecule has 0 aliphatic rings. The van der Waals surface area contributed by atoms with E-state index in [1.165, 1.54) is 3.57 Å². The first-order valence-corrected chi connectivity index (χ1v) is 8.06. The molecule has 0 bridgehead atoms. The number of aryl methyl sites for hydroxylation is 4. The van der Waals surface area contributed by atoms with Crippen LogP contribution in [0.25, 0.3) is 0 Å². The molecule has 0 amide bonds. The van der Waals surface area contributed by atoms with Crippen LogP contribution < -0.4 is 0 Å². The van der Waals surface area contributed by atoms with Gasteiger partial charge in [-0.05, 0) is 55.3 Å². The third-order valence-corrected chi connectivity index (χ3v) is 3.81. The Morgan fingerprint density at radius 3 is 2.10 bits per heavy atom. The van der Waals surface area contributed by atoms with Gasteiger partial charge in [0.15, 0.2) is 0 Å². The SMILES string of the molecule is Cc1ccn(CCCO)n1.Cc1nn(CCCO)cc1I. The number of aliphatic hydroxyl groups excluding tert-OH is 2. The molecule has 7 heteroatoms. The number of hydrogen-bond donors (Lipinski definition) is 2. The van der Waals surface area contributed by atoms with E-state index in [-0.39, 0.29) is 13.2 Å². The molecule has 0 aliphatic carbocycles. The van der Waals surface area contributed by atoms with Gasteiger partial charge in [-0.3, -0.25) is 9.36 Å². The Morgan fingerprint density at radius 1 is 1.05 bits per heavy atom. The second-order valence-corrected chi connectivity index (χ2v) is 5.86. The molecule has 0 spiro atoms. The van der Waals surface area contributed by atoms with E-state index in [1.54, 1.807) is 0 Å². The predicted molar refractivity (Wildman–Crippen MR) is 90.1 cm³/mol. The molecule has 0 atom stereocenters. The smallest absolute Gasteiger partial charge is 0.0727 e. The lowest BCUT2D eigenvalue weighted by Gasteiger charge is -1.96. The molecular formula is C14H23IN4O2. The first-order chi connectivity index (χ1) is 10.1. The van der Waals surface area contributed by atoms with Crippen molar-refractivity contribution < 1.29 is 10.2 Å². The van der Waals surface area contributed by atoms with Crippen LogP contribution in [0.2, 0.25) is 0 Å². The van der Waals surface area contributed by atoms with Gasteiger partial charge in [0.1, 0.15) is 0 Å². The zero-order valence-electron chi connectivity index (χ0n) is 12.5. The van der Waals surface area contributed by atoms with Crippen molar-refractivity contribution in [2.75, 3.05) is 13.2 Å². The van der Waals surface area contributed by atoms with Crippen LogP contribution in [0.15, 0.2) is 18.5 Å². The van der Waals surface area contributed by atoms with E-state index in [2.05, 4.69) is 32.8 Å². The van der Waals surface area contributed by atoms with Gasteiger partial charge in [-0.2, -0.15) is 10.2 Å². The van der Waals surface area contributed by atoms with E-state index in [1.807, 2.05) is 41.7 Å². The lowest BCUT2D eigenvalue weighted by molar-refractivity contribution is 0.276. The van der Waals surface area contributed by atoms with Crippen LogP contribution >= 0.6 is 22.6 Å². The van der Waals surface area contributed by atoms with Crippen LogP contribution in [0.5, 0.6) is 0 Å². The van der Waals surface area contributed by atoms with Gasteiger partial charge >= 0.3 is 0 Å². The minimum Gasteiger partial charge on any atom is -0.396 e. The topological polar surface area (TPSA) is 76.1 Å². The summed E-state index contributed by atoms with van der Waals surface area (Å²) in [5.41, 5.74) is 2.08. The summed E-state index contributed by atoms with van der Waals surface area (Å²) in [4.78, 5) is 0. The highest BCUT2D eigenvalue weighted by molar-refractivity contribution is 14.1. The zero-order valence-corrected chi connectivity index (χ0v) is 14.7. The van der Waals surface area contributed by atoms with Crippen LogP contribution in [-0.4, -0.2) is 43.0 Å². The highest BCUT2D eigenvalue weighted by Crippen LogP contribution is 2.08. The van der Waals surface area contributed by atoms with Crippen molar-refractivity contribution in [3.05, 3.63) is 33.4 Å². The van der Waals surface area contributed by atoms with Crippen LogP contribution in [0.4, 0.5) is 0 Å².